The van der Waals surface area contributed by atoms with Gasteiger partial charge >= 0.3 is 0 Å². The van der Waals surface area contributed by atoms with E-state index in [-0.39, 0.29) is 5.41 Å². The number of likely N-dealkylation sites (N-methyl/N-ethyl adjacent to an activating group) is 1. The zero-order valence-corrected chi connectivity index (χ0v) is 11.2. The number of hydrogen-bond acceptors (Lipinski definition) is 5. The fraction of sp³-hybridized carbons (Fsp3) is 1.00. The molecule has 5 heteroatoms. The Morgan fingerprint density at radius 1 is 1.59 bits per heavy atom. The molecule has 2 N–H and O–H groups in total. The summed E-state index contributed by atoms with van der Waals surface area (Å²) in [5.41, 5.74) is 0.191. The maximum absolute atomic E-state index is 9.69. The molecule has 17 heavy (non-hydrogen) atoms. The van der Waals surface area contributed by atoms with Gasteiger partial charge in [0.25, 0.3) is 0 Å². The summed E-state index contributed by atoms with van der Waals surface area (Å²) in [6.45, 7) is 4.57. The topological polar surface area (TPSA) is 54.0 Å². The highest BCUT2D eigenvalue weighted by molar-refractivity contribution is 4.87. The second kappa shape index (κ2) is 7.28. The fourth-order valence-corrected chi connectivity index (χ4v) is 2.59. The molecular formula is C12H26N2O3. The Hall–Kier alpha value is -0.200. The molecule has 0 aliphatic carbocycles. The molecule has 2 atom stereocenters. The van der Waals surface area contributed by atoms with Crippen LogP contribution in [0.2, 0.25) is 0 Å². The number of ether oxygens (including phenoxy) is 2. The standard InChI is InChI=1S/C12H26N2O3/c1-13-8-12(4-5-17-10-12)9-14(2)6-11(15)7-16-3/h11,13,15H,4-10H2,1-3H3. The van der Waals surface area contributed by atoms with Gasteiger partial charge in [-0.15, -0.1) is 0 Å². The van der Waals surface area contributed by atoms with Crippen molar-refractivity contribution >= 4 is 0 Å². The average molecular weight is 246 g/mol. The monoisotopic (exact) mass is 246 g/mol. The molecule has 0 aromatic heterocycles. The SMILES string of the molecule is CNCC1(CN(C)CC(O)COC)CCOC1. The van der Waals surface area contributed by atoms with Gasteiger partial charge in [-0.3, -0.25) is 0 Å². The molecule has 1 aliphatic heterocycles. The van der Waals surface area contributed by atoms with E-state index in [4.69, 9.17) is 9.47 Å². The van der Waals surface area contributed by atoms with Crippen LogP contribution >= 0.6 is 0 Å². The van der Waals surface area contributed by atoms with Gasteiger partial charge in [-0.2, -0.15) is 0 Å². The largest absolute Gasteiger partial charge is 0.389 e. The van der Waals surface area contributed by atoms with Crippen LogP contribution in [-0.4, -0.2) is 76.8 Å². The molecule has 2 unspecified atom stereocenters. The third-order valence-corrected chi connectivity index (χ3v) is 3.22. The lowest BCUT2D eigenvalue weighted by Gasteiger charge is -2.33. The van der Waals surface area contributed by atoms with E-state index in [0.717, 1.165) is 32.7 Å². The Morgan fingerprint density at radius 3 is 2.88 bits per heavy atom. The number of nitrogens with one attached hydrogen (secondary N) is 1. The van der Waals surface area contributed by atoms with Crippen molar-refractivity contribution < 1.29 is 14.6 Å². The van der Waals surface area contributed by atoms with E-state index in [9.17, 15) is 5.11 Å². The third kappa shape index (κ3) is 4.89. The molecule has 0 amide bonds. The molecule has 0 spiro atoms. The number of hydrogen-bond donors (Lipinski definition) is 2. The van der Waals surface area contributed by atoms with Crippen molar-refractivity contribution in [3.8, 4) is 0 Å². The van der Waals surface area contributed by atoms with Gasteiger partial charge < -0.3 is 24.8 Å². The summed E-state index contributed by atoms with van der Waals surface area (Å²) in [6, 6.07) is 0. The normalized spacial score (nSPS) is 26.6. The molecule has 1 rings (SSSR count). The Labute approximate surface area is 104 Å². The van der Waals surface area contributed by atoms with Crippen LogP contribution < -0.4 is 5.32 Å². The first kappa shape index (κ1) is 14.9. The second-order valence-corrected chi connectivity index (χ2v) is 5.14. The summed E-state index contributed by atoms with van der Waals surface area (Å²) < 4.78 is 10.4. The van der Waals surface area contributed by atoms with E-state index in [1.807, 2.05) is 14.1 Å². The summed E-state index contributed by atoms with van der Waals surface area (Å²) in [5, 5.41) is 12.9. The Kier molecular flexibility index (Phi) is 6.37. The van der Waals surface area contributed by atoms with E-state index < -0.39 is 6.10 Å². The summed E-state index contributed by atoms with van der Waals surface area (Å²) in [5.74, 6) is 0. The van der Waals surface area contributed by atoms with Gasteiger partial charge in [0.05, 0.1) is 19.3 Å². The molecule has 0 aromatic carbocycles. The zero-order chi connectivity index (χ0) is 12.7. The van der Waals surface area contributed by atoms with E-state index in [1.54, 1.807) is 7.11 Å². The van der Waals surface area contributed by atoms with Crippen molar-refractivity contribution in [2.75, 3.05) is 60.7 Å². The van der Waals surface area contributed by atoms with Gasteiger partial charge in [0.1, 0.15) is 0 Å². The lowest BCUT2D eigenvalue weighted by atomic mass is 9.86. The van der Waals surface area contributed by atoms with E-state index in [2.05, 4.69) is 10.2 Å². The van der Waals surface area contributed by atoms with Crippen LogP contribution in [0.15, 0.2) is 0 Å². The van der Waals surface area contributed by atoms with Crippen LogP contribution in [0.3, 0.4) is 0 Å². The Balaban J connectivity index is 2.38. The maximum atomic E-state index is 9.69. The van der Waals surface area contributed by atoms with Crippen LogP contribution in [0.25, 0.3) is 0 Å². The molecule has 1 aliphatic rings. The zero-order valence-electron chi connectivity index (χ0n) is 11.2. The van der Waals surface area contributed by atoms with E-state index in [1.165, 1.54) is 0 Å². The molecule has 0 aromatic rings. The first-order valence-electron chi connectivity index (χ1n) is 6.20. The van der Waals surface area contributed by atoms with Crippen LogP contribution in [0, 0.1) is 5.41 Å². The first-order chi connectivity index (χ1) is 8.12. The van der Waals surface area contributed by atoms with Crippen molar-refractivity contribution in [3.63, 3.8) is 0 Å². The Morgan fingerprint density at radius 2 is 2.35 bits per heavy atom. The highest BCUT2D eigenvalue weighted by Gasteiger charge is 2.35. The predicted octanol–water partition coefficient (Wildman–Crippen LogP) is -0.448. The fourth-order valence-electron chi connectivity index (χ4n) is 2.59. The molecular weight excluding hydrogens is 220 g/mol. The van der Waals surface area contributed by atoms with Gasteiger partial charge in [-0.1, -0.05) is 0 Å². The minimum Gasteiger partial charge on any atom is -0.389 e. The summed E-state index contributed by atoms with van der Waals surface area (Å²) >= 11 is 0. The average Bonchev–Trinajstić information content (AvgIpc) is 2.66. The van der Waals surface area contributed by atoms with Crippen molar-refractivity contribution in [1.29, 1.82) is 0 Å². The summed E-state index contributed by atoms with van der Waals surface area (Å²) in [7, 11) is 5.62. The number of aliphatic hydroxyl groups is 1. The lowest BCUT2D eigenvalue weighted by Crippen LogP contribution is -2.45. The van der Waals surface area contributed by atoms with Crippen LogP contribution in [0.5, 0.6) is 0 Å². The molecule has 102 valence electrons. The Bertz CT molecular complexity index is 208. The quantitative estimate of drug-likeness (QED) is 0.608. The smallest absolute Gasteiger partial charge is 0.0899 e. The minimum atomic E-state index is -0.418. The first-order valence-corrected chi connectivity index (χ1v) is 6.20. The predicted molar refractivity (Wildman–Crippen MR) is 67.2 cm³/mol. The second-order valence-electron chi connectivity index (χ2n) is 5.14. The molecule has 1 saturated heterocycles. The lowest BCUT2D eigenvalue weighted by molar-refractivity contribution is 0.0314. The number of aliphatic hydroxyl groups excluding tert-OH is 1. The molecule has 0 saturated carbocycles. The van der Waals surface area contributed by atoms with Crippen LogP contribution in [0.1, 0.15) is 6.42 Å². The maximum Gasteiger partial charge on any atom is 0.0899 e. The molecule has 0 bridgehead atoms. The van der Waals surface area contributed by atoms with Gasteiger partial charge in [0.2, 0.25) is 0 Å². The minimum absolute atomic E-state index is 0.191. The number of rotatable bonds is 8. The molecule has 0 radical (unpaired) electrons. The molecule has 1 heterocycles. The van der Waals surface area contributed by atoms with Gasteiger partial charge in [-0.05, 0) is 20.5 Å². The van der Waals surface area contributed by atoms with Crippen molar-refractivity contribution in [2.24, 2.45) is 5.41 Å². The van der Waals surface area contributed by atoms with Crippen molar-refractivity contribution in [2.45, 2.75) is 12.5 Å². The molecule has 5 nitrogen and oxygen atoms in total. The highest BCUT2D eigenvalue weighted by Crippen LogP contribution is 2.28. The van der Waals surface area contributed by atoms with Gasteiger partial charge in [-0.25, -0.2) is 0 Å². The number of methoxy groups -OCH3 is 1. The van der Waals surface area contributed by atoms with Crippen LogP contribution in [0.4, 0.5) is 0 Å². The van der Waals surface area contributed by atoms with Crippen molar-refractivity contribution in [3.05, 3.63) is 0 Å². The van der Waals surface area contributed by atoms with Gasteiger partial charge in [0.15, 0.2) is 0 Å². The summed E-state index contributed by atoms with van der Waals surface area (Å²) in [6.07, 6.45) is 0.664. The van der Waals surface area contributed by atoms with E-state index >= 15 is 0 Å². The van der Waals surface area contributed by atoms with Gasteiger partial charge in [0, 0.05) is 38.8 Å². The van der Waals surface area contributed by atoms with Crippen LogP contribution in [-0.2, 0) is 9.47 Å². The highest BCUT2D eigenvalue weighted by atomic mass is 16.5. The van der Waals surface area contributed by atoms with Crippen molar-refractivity contribution in [1.82, 2.24) is 10.2 Å². The third-order valence-electron chi connectivity index (χ3n) is 3.22. The van der Waals surface area contributed by atoms with E-state index in [0.29, 0.717) is 13.2 Å². The summed E-state index contributed by atoms with van der Waals surface area (Å²) in [4.78, 5) is 2.16. The molecule has 1 fully saturated rings. The number of nitrogens with zero attached hydrogens (tertiary/aromatic N) is 1.